The highest BCUT2D eigenvalue weighted by Crippen LogP contribution is 2.20. The van der Waals surface area contributed by atoms with E-state index >= 15 is 0 Å². The normalized spacial score (nSPS) is 10.6. The largest absolute Gasteiger partial charge is 0.481 e. The number of nitrogens with zero attached hydrogens (tertiary/aromatic N) is 1. The maximum atomic E-state index is 12.4. The topological polar surface area (TPSA) is 93.5 Å². The molecule has 0 aliphatic rings. The van der Waals surface area contributed by atoms with Gasteiger partial charge in [-0.3, -0.25) is 9.59 Å². The number of carbonyl (C=O) groups excluding carboxylic acids is 2. The maximum Gasteiger partial charge on any atom is 0.291 e. The van der Waals surface area contributed by atoms with E-state index in [1.165, 1.54) is 0 Å². The summed E-state index contributed by atoms with van der Waals surface area (Å²) in [6, 6.07) is 19.9. The third kappa shape index (κ3) is 5.08. The van der Waals surface area contributed by atoms with Crippen LogP contribution in [0.1, 0.15) is 21.7 Å². The predicted molar refractivity (Wildman–Crippen MR) is 117 cm³/mol. The first-order valence-electron chi connectivity index (χ1n) is 9.75. The number of pyridine rings is 1. The number of furan rings is 1. The molecule has 7 nitrogen and oxygen atoms in total. The second-order valence-electron chi connectivity index (χ2n) is 6.96. The zero-order valence-corrected chi connectivity index (χ0v) is 16.9. The van der Waals surface area contributed by atoms with Gasteiger partial charge in [-0.25, -0.2) is 4.98 Å². The Morgan fingerprint density at radius 2 is 1.81 bits per heavy atom. The monoisotopic (exact) mass is 415 g/mol. The van der Waals surface area contributed by atoms with Gasteiger partial charge in [0.05, 0.1) is 13.5 Å². The molecule has 0 saturated carbocycles. The summed E-state index contributed by atoms with van der Waals surface area (Å²) in [4.78, 5) is 28.7. The second-order valence-corrected chi connectivity index (χ2v) is 6.96. The van der Waals surface area contributed by atoms with Gasteiger partial charge in [-0.15, -0.1) is 0 Å². The van der Waals surface area contributed by atoms with Crippen LogP contribution in [0.2, 0.25) is 0 Å². The standard InChI is InChI=1S/C24H21N3O4/c1-30-23-13-17(10-11-25-23)15-26-22(28)12-16-6-8-19(9-7-16)27-24(29)21-14-18-4-2-3-5-20(18)31-21/h2-11,13-14H,12,15H2,1H3,(H,26,28)(H,27,29). The molecule has 0 fully saturated rings. The number of amides is 2. The minimum Gasteiger partial charge on any atom is -0.481 e. The van der Waals surface area contributed by atoms with Crippen LogP contribution in [-0.4, -0.2) is 23.9 Å². The van der Waals surface area contributed by atoms with Crippen LogP contribution in [0, 0.1) is 0 Å². The highest BCUT2D eigenvalue weighted by atomic mass is 16.5. The molecule has 4 aromatic rings. The average Bonchev–Trinajstić information content (AvgIpc) is 3.24. The van der Waals surface area contributed by atoms with Gasteiger partial charge in [0, 0.05) is 29.9 Å². The van der Waals surface area contributed by atoms with E-state index in [0.29, 0.717) is 23.7 Å². The fourth-order valence-corrected chi connectivity index (χ4v) is 3.11. The predicted octanol–water partition coefficient (Wildman–Crippen LogP) is 3.95. The minimum absolute atomic E-state index is 0.102. The number of aromatic nitrogens is 1. The number of hydrogen-bond donors (Lipinski definition) is 2. The lowest BCUT2D eigenvalue weighted by molar-refractivity contribution is -0.120. The summed E-state index contributed by atoms with van der Waals surface area (Å²) in [5.41, 5.74) is 3.04. The number of nitrogens with one attached hydrogen (secondary N) is 2. The van der Waals surface area contributed by atoms with Crippen LogP contribution >= 0.6 is 0 Å². The van der Waals surface area contributed by atoms with Crippen LogP contribution in [0.5, 0.6) is 5.88 Å². The van der Waals surface area contributed by atoms with Crippen molar-refractivity contribution >= 4 is 28.5 Å². The van der Waals surface area contributed by atoms with Crippen molar-refractivity contribution in [3.05, 3.63) is 89.8 Å². The zero-order valence-electron chi connectivity index (χ0n) is 16.9. The average molecular weight is 415 g/mol. The van der Waals surface area contributed by atoms with Crippen LogP contribution in [0.25, 0.3) is 11.0 Å². The van der Waals surface area contributed by atoms with Crippen LogP contribution in [0.3, 0.4) is 0 Å². The van der Waals surface area contributed by atoms with Crippen molar-refractivity contribution in [1.29, 1.82) is 0 Å². The van der Waals surface area contributed by atoms with Gasteiger partial charge in [-0.1, -0.05) is 30.3 Å². The number of anilines is 1. The summed E-state index contributed by atoms with van der Waals surface area (Å²) in [5.74, 6) is 0.328. The number of rotatable bonds is 7. The molecule has 156 valence electrons. The molecule has 2 amide bonds. The van der Waals surface area contributed by atoms with Crippen molar-refractivity contribution in [1.82, 2.24) is 10.3 Å². The molecule has 31 heavy (non-hydrogen) atoms. The summed E-state index contributed by atoms with van der Waals surface area (Å²) in [7, 11) is 1.55. The SMILES string of the molecule is COc1cc(CNC(=O)Cc2ccc(NC(=O)c3cc4ccccc4o3)cc2)ccn1. The number of methoxy groups -OCH3 is 1. The molecule has 0 atom stereocenters. The van der Waals surface area contributed by atoms with Gasteiger partial charge >= 0.3 is 0 Å². The molecule has 7 heteroatoms. The first-order chi connectivity index (χ1) is 15.1. The molecule has 2 N–H and O–H groups in total. The van der Waals surface area contributed by atoms with Gasteiger partial charge in [-0.2, -0.15) is 0 Å². The molecular formula is C24H21N3O4. The Hall–Kier alpha value is -4.13. The van der Waals surface area contributed by atoms with Crippen LogP contribution in [0.15, 0.2) is 77.3 Å². The Kier molecular flexibility index (Phi) is 5.93. The fourth-order valence-electron chi connectivity index (χ4n) is 3.11. The van der Waals surface area contributed by atoms with E-state index in [2.05, 4.69) is 15.6 Å². The van der Waals surface area contributed by atoms with Gasteiger partial charge in [0.15, 0.2) is 5.76 Å². The zero-order chi connectivity index (χ0) is 21.6. The number of ether oxygens (including phenoxy) is 1. The fraction of sp³-hybridized carbons (Fsp3) is 0.125. The van der Waals surface area contributed by atoms with E-state index < -0.39 is 0 Å². The van der Waals surface area contributed by atoms with Gasteiger partial charge in [0.25, 0.3) is 5.91 Å². The molecule has 0 aliphatic carbocycles. The van der Waals surface area contributed by atoms with Crippen LogP contribution < -0.4 is 15.4 Å². The first kappa shape index (κ1) is 20.2. The van der Waals surface area contributed by atoms with Crippen molar-refractivity contribution < 1.29 is 18.7 Å². The summed E-state index contributed by atoms with van der Waals surface area (Å²) in [6.07, 6.45) is 1.87. The van der Waals surface area contributed by atoms with Crippen molar-refractivity contribution in [3.8, 4) is 5.88 Å². The van der Waals surface area contributed by atoms with Gasteiger partial charge in [0.1, 0.15) is 5.58 Å². The van der Waals surface area contributed by atoms with Crippen molar-refractivity contribution in [3.63, 3.8) is 0 Å². The van der Waals surface area contributed by atoms with E-state index in [0.717, 1.165) is 16.5 Å². The lowest BCUT2D eigenvalue weighted by Gasteiger charge is -2.08. The van der Waals surface area contributed by atoms with E-state index in [4.69, 9.17) is 9.15 Å². The van der Waals surface area contributed by atoms with E-state index in [9.17, 15) is 9.59 Å². The van der Waals surface area contributed by atoms with Gasteiger partial charge < -0.3 is 19.8 Å². The molecule has 0 unspecified atom stereocenters. The Morgan fingerprint density at radius 3 is 2.58 bits per heavy atom. The molecule has 0 radical (unpaired) electrons. The van der Waals surface area contributed by atoms with Crippen molar-refractivity contribution in [2.45, 2.75) is 13.0 Å². The molecule has 0 bridgehead atoms. The minimum atomic E-state index is -0.325. The number of carbonyl (C=O) groups is 2. The number of benzene rings is 2. The highest BCUT2D eigenvalue weighted by Gasteiger charge is 2.12. The number of fused-ring (bicyclic) bond motifs is 1. The lowest BCUT2D eigenvalue weighted by Crippen LogP contribution is -2.24. The Bertz CT molecular complexity index is 1180. The Balaban J connectivity index is 1.31. The molecular weight excluding hydrogens is 394 g/mol. The first-order valence-corrected chi connectivity index (χ1v) is 9.75. The lowest BCUT2D eigenvalue weighted by atomic mass is 10.1. The van der Waals surface area contributed by atoms with Crippen LogP contribution in [-0.2, 0) is 17.8 Å². The quantitative estimate of drug-likeness (QED) is 0.477. The summed E-state index contributed by atoms with van der Waals surface area (Å²) < 4.78 is 10.7. The van der Waals surface area contributed by atoms with Crippen molar-refractivity contribution in [2.24, 2.45) is 0 Å². The number of hydrogen-bond acceptors (Lipinski definition) is 5. The third-order valence-electron chi connectivity index (χ3n) is 4.72. The molecule has 4 rings (SSSR count). The van der Waals surface area contributed by atoms with E-state index in [1.807, 2.05) is 42.5 Å². The van der Waals surface area contributed by atoms with Crippen LogP contribution in [0.4, 0.5) is 5.69 Å². The summed E-state index contributed by atoms with van der Waals surface area (Å²) in [6.45, 7) is 0.392. The maximum absolute atomic E-state index is 12.4. The molecule has 2 aromatic carbocycles. The molecule has 0 spiro atoms. The molecule has 0 aliphatic heterocycles. The highest BCUT2D eigenvalue weighted by molar-refractivity contribution is 6.04. The molecule has 0 saturated heterocycles. The second kappa shape index (κ2) is 9.13. The van der Waals surface area contributed by atoms with Gasteiger partial charge in [-0.05, 0) is 41.5 Å². The molecule has 2 heterocycles. The number of para-hydroxylation sites is 1. The van der Waals surface area contributed by atoms with E-state index in [1.54, 1.807) is 37.6 Å². The Labute approximate surface area is 179 Å². The van der Waals surface area contributed by atoms with Crippen molar-refractivity contribution in [2.75, 3.05) is 12.4 Å². The summed E-state index contributed by atoms with van der Waals surface area (Å²) in [5, 5.41) is 6.56. The van der Waals surface area contributed by atoms with Gasteiger partial charge in [0.2, 0.25) is 11.8 Å². The third-order valence-corrected chi connectivity index (χ3v) is 4.72. The Morgan fingerprint density at radius 1 is 1.00 bits per heavy atom. The smallest absolute Gasteiger partial charge is 0.291 e. The molecule has 2 aromatic heterocycles. The summed E-state index contributed by atoms with van der Waals surface area (Å²) >= 11 is 0. The van der Waals surface area contributed by atoms with E-state index in [-0.39, 0.29) is 24.0 Å².